The Kier molecular flexibility index (Phi) is 4.66. The first-order chi connectivity index (χ1) is 9.20. The van der Waals surface area contributed by atoms with Crippen molar-refractivity contribution in [2.75, 3.05) is 13.7 Å². The molecular formula is C15H20O4. The third kappa shape index (κ3) is 3.63. The van der Waals surface area contributed by atoms with Crippen LogP contribution in [0.3, 0.4) is 0 Å². The first kappa shape index (κ1) is 13.7. The molecule has 4 nitrogen and oxygen atoms in total. The van der Waals surface area contributed by atoms with Gasteiger partial charge in [0.25, 0.3) is 0 Å². The van der Waals surface area contributed by atoms with E-state index < -0.39 is 0 Å². The number of phenols is 1. The highest BCUT2D eigenvalue weighted by Crippen LogP contribution is 2.32. The zero-order valence-electron chi connectivity index (χ0n) is 11.2. The Labute approximate surface area is 113 Å². The van der Waals surface area contributed by atoms with Crippen molar-refractivity contribution in [1.29, 1.82) is 0 Å². The highest BCUT2D eigenvalue weighted by molar-refractivity contribution is 5.72. The molecule has 1 atom stereocenters. The van der Waals surface area contributed by atoms with Crippen LogP contribution >= 0.6 is 0 Å². The van der Waals surface area contributed by atoms with Crippen molar-refractivity contribution in [2.24, 2.45) is 11.8 Å². The van der Waals surface area contributed by atoms with Gasteiger partial charge in [-0.3, -0.25) is 4.79 Å². The van der Waals surface area contributed by atoms with Crippen molar-refractivity contribution in [3.05, 3.63) is 24.3 Å². The van der Waals surface area contributed by atoms with Gasteiger partial charge in [0.15, 0.2) is 0 Å². The maximum atomic E-state index is 11.8. The second kappa shape index (κ2) is 6.45. The van der Waals surface area contributed by atoms with Crippen LogP contribution in [0.1, 0.15) is 25.7 Å². The van der Waals surface area contributed by atoms with E-state index in [0.717, 1.165) is 12.8 Å². The summed E-state index contributed by atoms with van der Waals surface area (Å²) in [5.41, 5.74) is 0. The van der Waals surface area contributed by atoms with Gasteiger partial charge in [0.05, 0.1) is 13.0 Å². The summed E-state index contributed by atoms with van der Waals surface area (Å²) in [6.45, 7) is 0.335. The van der Waals surface area contributed by atoms with E-state index in [1.165, 1.54) is 20.0 Å². The van der Waals surface area contributed by atoms with Crippen LogP contribution in [-0.2, 0) is 9.53 Å². The van der Waals surface area contributed by atoms with Crippen LogP contribution in [-0.4, -0.2) is 24.8 Å². The second-order valence-corrected chi connectivity index (χ2v) is 4.98. The quantitative estimate of drug-likeness (QED) is 0.831. The molecule has 0 radical (unpaired) electrons. The molecule has 1 aromatic rings. The SMILES string of the molecule is COC(=O)C(COc1ccc(O)cc1)C1CCCC1. The van der Waals surface area contributed by atoms with Gasteiger partial charge in [-0.1, -0.05) is 12.8 Å². The summed E-state index contributed by atoms with van der Waals surface area (Å²) >= 11 is 0. The van der Waals surface area contributed by atoms with Crippen molar-refractivity contribution >= 4 is 5.97 Å². The smallest absolute Gasteiger partial charge is 0.312 e. The van der Waals surface area contributed by atoms with Gasteiger partial charge in [0.2, 0.25) is 0 Å². The van der Waals surface area contributed by atoms with Gasteiger partial charge in [0.1, 0.15) is 18.1 Å². The highest BCUT2D eigenvalue weighted by atomic mass is 16.5. The van der Waals surface area contributed by atoms with E-state index in [-0.39, 0.29) is 17.6 Å². The average Bonchev–Trinajstić information content (AvgIpc) is 2.94. The Morgan fingerprint density at radius 2 is 1.95 bits per heavy atom. The summed E-state index contributed by atoms with van der Waals surface area (Å²) in [6, 6.07) is 6.52. The van der Waals surface area contributed by atoms with Crippen LogP contribution in [0.5, 0.6) is 11.5 Å². The minimum Gasteiger partial charge on any atom is -0.508 e. The van der Waals surface area contributed by atoms with Gasteiger partial charge in [0, 0.05) is 0 Å². The lowest BCUT2D eigenvalue weighted by Gasteiger charge is -2.21. The number of hydrogen-bond donors (Lipinski definition) is 1. The topological polar surface area (TPSA) is 55.8 Å². The Bertz CT molecular complexity index is 407. The fraction of sp³-hybridized carbons (Fsp3) is 0.533. The predicted octanol–water partition coefficient (Wildman–Crippen LogP) is 2.75. The molecule has 0 heterocycles. The van der Waals surface area contributed by atoms with Gasteiger partial charge in [-0.25, -0.2) is 0 Å². The Balaban J connectivity index is 1.95. The van der Waals surface area contributed by atoms with Gasteiger partial charge >= 0.3 is 5.97 Å². The molecule has 104 valence electrons. The van der Waals surface area contributed by atoms with Crippen LogP contribution in [0, 0.1) is 11.8 Å². The van der Waals surface area contributed by atoms with Crippen molar-refractivity contribution in [3.63, 3.8) is 0 Å². The Morgan fingerprint density at radius 3 is 2.53 bits per heavy atom. The van der Waals surface area contributed by atoms with Crippen LogP contribution in [0.2, 0.25) is 0 Å². The van der Waals surface area contributed by atoms with E-state index in [4.69, 9.17) is 9.47 Å². The van der Waals surface area contributed by atoms with Gasteiger partial charge in [-0.15, -0.1) is 0 Å². The molecular weight excluding hydrogens is 244 g/mol. The largest absolute Gasteiger partial charge is 0.508 e. The molecule has 0 saturated heterocycles. The predicted molar refractivity (Wildman–Crippen MR) is 71.1 cm³/mol. The molecule has 1 aliphatic carbocycles. The number of ether oxygens (including phenoxy) is 2. The lowest BCUT2D eigenvalue weighted by Crippen LogP contribution is -2.29. The Morgan fingerprint density at radius 1 is 1.32 bits per heavy atom. The van der Waals surface area contributed by atoms with Gasteiger partial charge in [-0.2, -0.15) is 0 Å². The van der Waals surface area contributed by atoms with E-state index in [1.54, 1.807) is 24.3 Å². The molecule has 0 spiro atoms. The molecule has 1 fully saturated rings. The summed E-state index contributed by atoms with van der Waals surface area (Å²) in [5, 5.41) is 9.20. The molecule has 2 rings (SSSR count). The minimum atomic E-state index is -0.193. The second-order valence-electron chi connectivity index (χ2n) is 4.98. The molecule has 0 aliphatic heterocycles. The summed E-state index contributed by atoms with van der Waals surface area (Å²) in [5.74, 6) is 0.842. The molecule has 4 heteroatoms. The summed E-state index contributed by atoms with van der Waals surface area (Å²) in [7, 11) is 1.42. The third-order valence-electron chi connectivity index (χ3n) is 3.74. The maximum absolute atomic E-state index is 11.8. The first-order valence-corrected chi connectivity index (χ1v) is 6.70. The summed E-state index contributed by atoms with van der Waals surface area (Å²) in [6.07, 6.45) is 4.49. The normalized spacial score (nSPS) is 17.1. The van der Waals surface area contributed by atoms with Gasteiger partial charge in [-0.05, 0) is 43.0 Å². The molecule has 1 aromatic carbocycles. The van der Waals surface area contributed by atoms with E-state index in [1.807, 2.05) is 0 Å². The van der Waals surface area contributed by atoms with Crippen LogP contribution in [0.25, 0.3) is 0 Å². The van der Waals surface area contributed by atoms with Crippen molar-refractivity contribution in [2.45, 2.75) is 25.7 Å². The van der Waals surface area contributed by atoms with Crippen molar-refractivity contribution in [3.8, 4) is 11.5 Å². The molecule has 19 heavy (non-hydrogen) atoms. The summed E-state index contributed by atoms with van der Waals surface area (Å²) in [4.78, 5) is 11.8. The lowest BCUT2D eigenvalue weighted by molar-refractivity contribution is -0.148. The van der Waals surface area contributed by atoms with E-state index >= 15 is 0 Å². The fourth-order valence-corrected chi connectivity index (χ4v) is 2.64. The molecule has 1 aliphatic rings. The van der Waals surface area contributed by atoms with Crippen molar-refractivity contribution in [1.82, 2.24) is 0 Å². The highest BCUT2D eigenvalue weighted by Gasteiger charge is 2.32. The first-order valence-electron chi connectivity index (χ1n) is 6.70. The van der Waals surface area contributed by atoms with Crippen LogP contribution in [0.15, 0.2) is 24.3 Å². The third-order valence-corrected chi connectivity index (χ3v) is 3.74. The lowest BCUT2D eigenvalue weighted by atomic mass is 9.91. The number of carbonyl (C=O) groups is 1. The molecule has 0 bridgehead atoms. The number of phenolic OH excluding ortho intramolecular Hbond substituents is 1. The number of methoxy groups -OCH3 is 1. The number of aromatic hydroxyl groups is 1. The van der Waals surface area contributed by atoms with Crippen LogP contribution < -0.4 is 4.74 Å². The number of hydrogen-bond acceptors (Lipinski definition) is 4. The maximum Gasteiger partial charge on any atom is 0.312 e. The average molecular weight is 264 g/mol. The van der Waals surface area contributed by atoms with E-state index in [0.29, 0.717) is 18.3 Å². The molecule has 1 N–H and O–H groups in total. The minimum absolute atomic E-state index is 0.189. The number of esters is 1. The number of rotatable bonds is 5. The molecule has 0 amide bonds. The van der Waals surface area contributed by atoms with E-state index in [9.17, 15) is 9.90 Å². The zero-order chi connectivity index (χ0) is 13.7. The number of benzene rings is 1. The van der Waals surface area contributed by atoms with Crippen LogP contribution in [0.4, 0.5) is 0 Å². The van der Waals surface area contributed by atoms with Crippen molar-refractivity contribution < 1.29 is 19.4 Å². The van der Waals surface area contributed by atoms with E-state index in [2.05, 4.69) is 0 Å². The number of carbonyl (C=O) groups excluding carboxylic acids is 1. The summed E-state index contributed by atoms with van der Waals surface area (Å²) < 4.78 is 10.5. The monoisotopic (exact) mass is 264 g/mol. The Hall–Kier alpha value is -1.71. The standard InChI is InChI=1S/C15H20O4/c1-18-15(17)14(11-4-2-3-5-11)10-19-13-8-6-12(16)7-9-13/h6-9,11,14,16H,2-5,10H2,1H3. The molecule has 1 saturated carbocycles. The molecule has 1 unspecified atom stereocenters. The van der Waals surface area contributed by atoms with Gasteiger partial charge < -0.3 is 14.6 Å². The molecule has 0 aromatic heterocycles. The zero-order valence-corrected chi connectivity index (χ0v) is 11.2. The fourth-order valence-electron chi connectivity index (χ4n) is 2.64.